The summed E-state index contributed by atoms with van der Waals surface area (Å²) in [5, 5.41) is 25.3. The topological polar surface area (TPSA) is 252 Å². The van der Waals surface area contributed by atoms with Gasteiger partial charge < -0.3 is 43.4 Å². The lowest BCUT2D eigenvalue weighted by atomic mass is 10.0. The third-order valence-corrected chi connectivity index (χ3v) is 4.50. The molecule has 33 heavy (non-hydrogen) atoms. The second-order valence-corrected chi connectivity index (χ2v) is 7.86. The van der Waals surface area contributed by atoms with Crippen molar-refractivity contribution in [2.75, 3.05) is 6.54 Å². The van der Waals surface area contributed by atoms with Crippen LogP contribution in [0.1, 0.15) is 46.5 Å². The summed E-state index contributed by atoms with van der Waals surface area (Å²) in [5.74, 6) is -5.24. The Hall–Kier alpha value is -3.42. The highest BCUT2D eigenvalue weighted by molar-refractivity contribution is 5.94. The minimum atomic E-state index is -1.44. The quantitative estimate of drug-likeness (QED) is 0.0701. The lowest BCUT2D eigenvalue weighted by Crippen LogP contribution is -2.58. The summed E-state index contributed by atoms with van der Waals surface area (Å²) >= 11 is 0. The van der Waals surface area contributed by atoms with Crippen molar-refractivity contribution in [2.45, 2.75) is 70.6 Å². The second kappa shape index (κ2) is 14.6. The normalized spacial score (nSPS) is 14.3. The summed E-state index contributed by atoms with van der Waals surface area (Å²) in [6.45, 7) is 4.91. The van der Waals surface area contributed by atoms with Crippen molar-refractivity contribution < 1.29 is 34.2 Å². The standard InChI is InChI=1S/C19H35N7O7/c1-9(2)14(17(31)25-12(18(32)33)6-7-13(27)28)26-16(30)11(24-15(29)10(3)20)5-4-8-23-19(21)22/h9-12,14H,4-8,20H2,1-3H3,(H,24,29)(H,25,31)(H,26,30)(H,27,28)(H,32,33)(H4,21,22,23). The molecular formula is C19H35N7O7. The summed E-state index contributed by atoms with van der Waals surface area (Å²) in [5.41, 5.74) is 16.1. The number of hydrogen-bond acceptors (Lipinski definition) is 7. The van der Waals surface area contributed by atoms with Crippen LogP contribution in [0, 0.1) is 5.92 Å². The van der Waals surface area contributed by atoms with E-state index in [-0.39, 0.29) is 25.3 Å². The van der Waals surface area contributed by atoms with Crippen molar-refractivity contribution in [2.24, 2.45) is 28.1 Å². The zero-order valence-electron chi connectivity index (χ0n) is 19.0. The Morgan fingerprint density at radius 1 is 0.848 bits per heavy atom. The van der Waals surface area contributed by atoms with Crippen LogP contribution >= 0.6 is 0 Å². The van der Waals surface area contributed by atoms with Crippen LogP contribution in [0.4, 0.5) is 0 Å². The second-order valence-electron chi connectivity index (χ2n) is 7.86. The van der Waals surface area contributed by atoms with Gasteiger partial charge in [0.2, 0.25) is 17.7 Å². The number of carboxylic acid groups (broad SMARTS) is 2. The van der Waals surface area contributed by atoms with E-state index in [9.17, 15) is 29.1 Å². The molecule has 0 aromatic heterocycles. The maximum absolute atomic E-state index is 12.9. The fourth-order valence-electron chi connectivity index (χ4n) is 2.65. The van der Waals surface area contributed by atoms with Gasteiger partial charge in [-0.15, -0.1) is 0 Å². The van der Waals surface area contributed by atoms with Gasteiger partial charge in [-0.25, -0.2) is 4.79 Å². The molecule has 0 aliphatic heterocycles. The van der Waals surface area contributed by atoms with Gasteiger partial charge in [-0.3, -0.25) is 24.2 Å². The van der Waals surface area contributed by atoms with Gasteiger partial charge in [0.1, 0.15) is 18.1 Å². The Bertz CT molecular complexity index is 736. The van der Waals surface area contributed by atoms with Crippen molar-refractivity contribution in [3.63, 3.8) is 0 Å². The molecule has 0 fully saturated rings. The van der Waals surface area contributed by atoms with E-state index in [1.165, 1.54) is 6.92 Å². The molecule has 0 aromatic carbocycles. The fourth-order valence-corrected chi connectivity index (χ4v) is 2.65. The monoisotopic (exact) mass is 473 g/mol. The number of nitrogens with one attached hydrogen (secondary N) is 3. The number of rotatable bonds is 15. The number of aliphatic carboxylic acids is 2. The molecule has 0 rings (SSSR count). The Morgan fingerprint density at radius 2 is 1.42 bits per heavy atom. The van der Waals surface area contributed by atoms with Crippen LogP contribution in [0.2, 0.25) is 0 Å². The molecule has 14 heteroatoms. The number of nitrogens with zero attached hydrogens (tertiary/aromatic N) is 1. The van der Waals surface area contributed by atoms with Gasteiger partial charge >= 0.3 is 11.9 Å². The number of nitrogens with two attached hydrogens (primary N) is 3. The van der Waals surface area contributed by atoms with Crippen molar-refractivity contribution in [1.29, 1.82) is 0 Å². The van der Waals surface area contributed by atoms with Crippen LogP contribution in [-0.4, -0.2) is 76.5 Å². The predicted octanol–water partition coefficient (Wildman–Crippen LogP) is -2.55. The van der Waals surface area contributed by atoms with Crippen LogP contribution in [0.25, 0.3) is 0 Å². The van der Waals surface area contributed by atoms with Crippen LogP contribution in [0.5, 0.6) is 0 Å². The lowest BCUT2D eigenvalue weighted by molar-refractivity contribution is -0.143. The molecule has 11 N–H and O–H groups in total. The summed E-state index contributed by atoms with van der Waals surface area (Å²) in [4.78, 5) is 63.5. The minimum Gasteiger partial charge on any atom is -0.481 e. The number of hydrogen-bond donors (Lipinski definition) is 8. The molecule has 4 unspecified atom stereocenters. The molecule has 0 spiro atoms. The largest absolute Gasteiger partial charge is 0.481 e. The zero-order chi connectivity index (χ0) is 25.7. The SMILES string of the molecule is CC(N)C(=O)NC(CCCN=C(N)N)C(=O)NC(C(=O)NC(CCC(=O)O)C(=O)O)C(C)C. The third-order valence-electron chi connectivity index (χ3n) is 4.50. The van der Waals surface area contributed by atoms with E-state index < -0.39 is 66.2 Å². The number of amides is 3. The Kier molecular flexibility index (Phi) is 13.1. The van der Waals surface area contributed by atoms with E-state index >= 15 is 0 Å². The molecule has 0 aromatic rings. The minimum absolute atomic E-state index is 0.122. The van der Waals surface area contributed by atoms with Crippen LogP contribution in [0.15, 0.2) is 4.99 Å². The van der Waals surface area contributed by atoms with Crippen molar-refractivity contribution in [3.05, 3.63) is 0 Å². The summed E-state index contributed by atoms with van der Waals surface area (Å²) in [6.07, 6.45) is -0.307. The Morgan fingerprint density at radius 3 is 1.88 bits per heavy atom. The molecular weight excluding hydrogens is 438 g/mol. The van der Waals surface area contributed by atoms with Gasteiger partial charge in [0.05, 0.1) is 6.04 Å². The molecule has 0 aliphatic rings. The van der Waals surface area contributed by atoms with Gasteiger partial charge in [-0.2, -0.15) is 0 Å². The smallest absolute Gasteiger partial charge is 0.326 e. The highest BCUT2D eigenvalue weighted by Crippen LogP contribution is 2.07. The summed E-state index contributed by atoms with van der Waals surface area (Å²) in [6, 6.07) is -4.52. The van der Waals surface area contributed by atoms with E-state index in [1.54, 1.807) is 13.8 Å². The lowest BCUT2D eigenvalue weighted by Gasteiger charge is -2.27. The Balaban J connectivity index is 5.39. The molecule has 0 bridgehead atoms. The first kappa shape index (κ1) is 29.6. The maximum atomic E-state index is 12.9. The molecule has 3 amide bonds. The van der Waals surface area contributed by atoms with Gasteiger partial charge in [0.15, 0.2) is 5.96 Å². The molecule has 0 aliphatic carbocycles. The van der Waals surface area contributed by atoms with E-state index in [2.05, 4.69) is 20.9 Å². The van der Waals surface area contributed by atoms with Gasteiger partial charge in [0.25, 0.3) is 0 Å². The van der Waals surface area contributed by atoms with E-state index in [0.29, 0.717) is 6.42 Å². The van der Waals surface area contributed by atoms with Gasteiger partial charge in [-0.05, 0) is 32.1 Å². The van der Waals surface area contributed by atoms with Crippen molar-refractivity contribution >= 4 is 35.6 Å². The number of aliphatic imine (C=N–C) groups is 1. The predicted molar refractivity (Wildman–Crippen MR) is 119 cm³/mol. The molecule has 0 saturated carbocycles. The van der Waals surface area contributed by atoms with Gasteiger partial charge in [0, 0.05) is 13.0 Å². The fraction of sp³-hybridized carbons (Fsp3) is 0.684. The molecule has 0 saturated heterocycles. The average molecular weight is 474 g/mol. The van der Waals surface area contributed by atoms with Gasteiger partial charge in [-0.1, -0.05) is 13.8 Å². The van der Waals surface area contributed by atoms with E-state index in [0.717, 1.165) is 0 Å². The number of carboxylic acids is 2. The van der Waals surface area contributed by atoms with E-state index in [4.69, 9.17) is 22.3 Å². The van der Waals surface area contributed by atoms with Crippen molar-refractivity contribution in [1.82, 2.24) is 16.0 Å². The molecule has 188 valence electrons. The highest BCUT2D eigenvalue weighted by Gasteiger charge is 2.31. The van der Waals surface area contributed by atoms with Crippen LogP contribution in [0.3, 0.4) is 0 Å². The highest BCUT2D eigenvalue weighted by atomic mass is 16.4. The Labute approximate surface area is 191 Å². The molecule has 0 heterocycles. The number of carbonyl (C=O) groups is 5. The molecule has 4 atom stereocenters. The average Bonchev–Trinajstić information content (AvgIpc) is 2.69. The first-order valence-corrected chi connectivity index (χ1v) is 10.4. The van der Waals surface area contributed by atoms with Crippen LogP contribution in [-0.2, 0) is 24.0 Å². The first-order valence-electron chi connectivity index (χ1n) is 10.4. The van der Waals surface area contributed by atoms with Crippen LogP contribution < -0.4 is 33.2 Å². The number of guanidine groups is 1. The number of carbonyl (C=O) groups excluding carboxylic acids is 3. The maximum Gasteiger partial charge on any atom is 0.326 e. The van der Waals surface area contributed by atoms with E-state index in [1.807, 2.05) is 0 Å². The van der Waals surface area contributed by atoms with Crippen molar-refractivity contribution in [3.8, 4) is 0 Å². The summed E-state index contributed by atoms with van der Waals surface area (Å²) in [7, 11) is 0. The summed E-state index contributed by atoms with van der Waals surface area (Å²) < 4.78 is 0. The first-order chi connectivity index (χ1) is 15.3. The zero-order valence-corrected chi connectivity index (χ0v) is 19.0. The molecule has 14 nitrogen and oxygen atoms in total. The molecule has 0 radical (unpaired) electrons. The third kappa shape index (κ3) is 12.3.